The third-order valence-corrected chi connectivity index (χ3v) is 11.4. The molecule has 0 atom stereocenters. The lowest BCUT2D eigenvalue weighted by molar-refractivity contribution is 0.0981. The fourth-order valence-electron chi connectivity index (χ4n) is 6.69. The first-order valence-corrected chi connectivity index (χ1v) is 20.0. The van der Waals surface area contributed by atoms with Crippen LogP contribution in [-0.2, 0) is 11.6 Å². The Morgan fingerprint density at radius 1 is 0.940 bits per heavy atom. The van der Waals surface area contributed by atoms with Crippen LogP contribution in [0.25, 0.3) is 22.3 Å². The summed E-state index contributed by atoms with van der Waals surface area (Å²) in [6, 6.07) is 6.24. The minimum absolute atomic E-state index is 0.306. The summed E-state index contributed by atoms with van der Waals surface area (Å²) in [5.74, 6) is 1.99. The first-order valence-electron chi connectivity index (χ1n) is 16.6. The van der Waals surface area contributed by atoms with Crippen LogP contribution in [0, 0.1) is 0 Å². The van der Waals surface area contributed by atoms with E-state index in [4.69, 9.17) is 14.7 Å². The minimum atomic E-state index is -2.78. The maximum Gasteiger partial charge on any atom is 0.239 e. The number of methoxy groups -OCH3 is 1. The highest BCUT2D eigenvalue weighted by Crippen LogP contribution is 2.42. The molecule has 0 saturated carbocycles. The zero-order valence-electron chi connectivity index (χ0n) is 28.8. The van der Waals surface area contributed by atoms with Crippen molar-refractivity contribution in [2.75, 3.05) is 82.3 Å². The van der Waals surface area contributed by atoms with Gasteiger partial charge in [-0.3, -0.25) is 19.5 Å². The Labute approximate surface area is 299 Å². The van der Waals surface area contributed by atoms with E-state index in [2.05, 4.69) is 73.6 Å². The minimum Gasteiger partial charge on any atom is -0.479 e. The molecular weight excluding hydrogens is 721 g/mol. The molecular formula is C33H41BrN13O2P. The lowest BCUT2D eigenvalue weighted by Gasteiger charge is -2.42. The predicted octanol–water partition coefficient (Wildman–Crippen LogP) is 4.33. The molecule has 5 aromatic rings. The maximum atomic E-state index is 13.5. The fraction of sp³-hybridized carbons (Fsp3) is 0.424. The van der Waals surface area contributed by atoms with Crippen molar-refractivity contribution < 1.29 is 9.30 Å². The number of anilines is 5. The van der Waals surface area contributed by atoms with Crippen LogP contribution in [0.4, 0.5) is 29.0 Å². The largest absolute Gasteiger partial charge is 0.479 e. The number of aryl methyl sites for hydroxylation is 1. The van der Waals surface area contributed by atoms with Crippen LogP contribution in [0.2, 0.25) is 0 Å². The number of ether oxygens (including phenoxy) is 1. The zero-order chi connectivity index (χ0) is 35.0. The summed E-state index contributed by atoms with van der Waals surface area (Å²) in [7, 11) is 2.87. The normalized spacial score (nSPS) is 16.6. The summed E-state index contributed by atoms with van der Waals surface area (Å²) >= 11 is 3.58. The molecule has 1 aromatic carbocycles. The van der Waals surface area contributed by atoms with Crippen LogP contribution in [-0.4, -0.2) is 123 Å². The lowest BCUT2D eigenvalue weighted by Crippen LogP contribution is -2.52. The van der Waals surface area contributed by atoms with Crippen LogP contribution in [0.15, 0.2) is 47.5 Å². The van der Waals surface area contributed by atoms with Gasteiger partial charge in [-0.1, -0.05) is 5.21 Å². The van der Waals surface area contributed by atoms with E-state index >= 15 is 0 Å². The number of benzene rings is 1. The second-order valence-electron chi connectivity index (χ2n) is 13.1. The number of piperidine rings is 1. The molecule has 7 rings (SSSR count). The molecule has 0 amide bonds. The van der Waals surface area contributed by atoms with Crippen molar-refractivity contribution in [3.8, 4) is 17.1 Å². The summed E-state index contributed by atoms with van der Waals surface area (Å²) in [5, 5.41) is 15.9. The quantitative estimate of drug-likeness (QED) is 0.205. The van der Waals surface area contributed by atoms with Crippen molar-refractivity contribution in [2.24, 2.45) is 7.05 Å². The average molecular weight is 763 g/mol. The Morgan fingerprint density at radius 3 is 2.40 bits per heavy atom. The Morgan fingerprint density at radius 2 is 1.70 bits per heavy atom. The van der Waals surface area contributed by atoms with Gasteiger partial charge in [0, 0.05) is 76.5 Å². The van der Waals surface area contributed by atoms with Crippen LogP contribution in [0.5, 0.6) is 5.88 Å². The second kappa shape index (κ2) is 14.2. The molecule has 0 unspecified atom stereocenters. The number of likely N-dealkylation sites (N-methyl/N-ethyl adjacent to an activating group) is 1. The lowest BCUT2D eigenvalue weighted by atomic mass is 10.0. The summed E-state index contributed by atoms with van der Waals surface area (Å²) in [6.45, 7) is 9.65. The third kappa shape index (κ3) is 7.15. The number of piperazine rings is 1. The molecule has 262 valence electrons. The van der Waals surface area contributed by atoms with Crippen LogP contribution >= 0.6 is 23.1 Å². The second-order valence-corrected chi connectivity index (χ2v) is 17.1. The molecule has 0 aliphatic carbocycles. The number of pyridine rings is 1. The number of nitrogens with one attached hydrogen (secondary N) is 2. The average Bonchev–Trinajstić information content (AvgIpc) is 3.55. The summed E-state index contributed by atoms with van der Waals surface area (Å²) in [5.41, 5.74) is 4.00. The Kier molecular flexibility index (Phi) is 9.70. The van der Waals surface area contributed by atoms with Gasteiger partial charge in [-0.25, -0.2) is 4.98 Å². The summed E-state index contributed by atoms with van der Waals surface area (Å²) in [4.78, 5) is 30.6. The summed E-state index contributed by atoms with van der Waals surface area (Å²) in [6.07, 6.45) is 8.89. The number of halogens is 1. The van der Waals surface area contributed by atoms with Crippen molar-refractivity contribution in [2.45, 2.75) is 18.9 Å². The van der Waals surface area contributed by atoms with Gasteiger partial charge in [0.15, 0.2) is 0 Å². The third-order valence-electron chi connectivity index (χ3n) is 9.25. The molecule has 6 heterocycles. The van der Waals surface area contributed by atoms with Gasteiger partial charge < -0.3 is 29.7 Å². The van der Waals surface area contributed by atoms with Gasteiger partial charge in [0.2, 0.25) is 11.8 Å². The molecule has 2 aliphatic heterocycles. The van der Waals surface area contributed by atoms with Crippen molar-refractivity contribution in [3.63, 3.8) is 0 Å². The standard InChI is InChI=1S/C33H41BrN13O2P/c1-44-14-16-46(17-15-44)21-8-12-47(13-9-21)31-22(27-20-45(2)43-42-27)18-26(32(41-31)49-3)39-33-37-19-23(34)30(40-33)38-25-7-6-24-28(36-11-10-35-24)29(25)50(4,5)48/h6-7,10-11,18-21H,8-9,12-17H2,1-5H3,(H2,37,38,39,40). The van der Waals surface area contributed by atoms with Gasteiger partial charge in [-0.2, -0.15) is 9.97 Å². The van der Waals surface area contributed by atoms with Crippen molar-refractivity contribution >= 4 is 68.4 Å². The molecule has 2 fully saturated rings. The molecule has 15 nitrogen and oxygen atoms in total. The van der Waals surface area contributed by atoms with Gasteiger partial charge in [-0.15, -0.1) is 5.10 Å². The molecule has 2 saturated heterocycles. The van der Waals surface area contributed by atoms with Gasteiger partial charge in [0.1, 0.15) is 35.7 Å². The van der Waals surface area contributed by atoms with E-state index in [1.165, 1.54) is 0 Å². The highest BCUT2D eigenvalue weighted by atomic mass is 79.9. The molecule has 2 aliphatic rings. The van der Waals surface area contributed by atoms with Crippen molar-refractivity contribution in [1.82, 2.24) is 49.7 Å². The van der Waals surface area contributed by atoms with E-state index in [0.29, 0.717) is 61.6 Å². The number of nitrogens with zero attached hydrogens (tertiary/aromatic N) is 11. The van der Waals surface area contributed by atoms with Gasteiger partial charge >= 0.3 is 0 Å². The molecule has 50 heavy (non-hydrogen) atoms. The fourth-order valence-corrected chi connectivity index (χ4v) is 8.38. The van der Waals surface area contributed by atoms with Crippen LogP contribution in [0.1, 0.15) is 12.8 Å². The Bertz CT molecular complexity index is 2060. The molecule has 0 radical (unpaired) electrons. The first kappa shape index (κ1) is 34.2. The van der Waals surface area contributed by atoms with Gasteiger partial charge in [0.05, 0.1) is 34.3 Å². The van der Waals surface area contributed by atoms with E-state index in [0.717, 1.165) is 63.5 Å². The highest BCUT2D eigenvalue weighted by Gasteiger charge is 2.30. The number of aromatic nitrogens is 8. The first-order chi connectivity index (χ1) is 24.1. The van der Waals surface area contributed by atoms with E-state index in [1.807, 2.05) is 31.4 Å². The number of fused-ring (bicyclic) bond motifs is 1. The Balaban J connectivity index is 1.18. The smallest absolute Gasteiger partial charge is 0.239 e. The summed E-state index contributed by atoms with van der Waals surface area (Å²) < 4.78 is 21.6. The van der Waals surface area contributed by atoms with Gasteiger partial charge in [0.25, 0.3) is 0 Å². The molecule has 2 N–H and O–H groups in total. The SMILES string of the molecule is COc1nc(N2CCC(N3CCN(C)CC3)CC2)c(-c2cn(C)nn2)cc1Nc1ncc(Br)c(Nc2ccc3nccnc3c2P(C)(C)=O)n1. The van der Waals surface area contributed by atoms with Gasteiger partial charge in [-0.05, 0) is 67.3 Å². The van der Waals surface area contributed by atoms with Crippen molar-refractivity contribution in [3.05, 3.63) is 47.5 Å². The highest BCUT2D eigenvalue weighted by molar-refractivity contribution is 9.10. The topological polar surface area (TPSA) is 155 Å². The molecule has 0 spiro atoms. The Hall–Kier alpha value is -4.24. The van der Waals surface area contributed by atoms with E-state index in [1.54, 1.807) is 43.7 Å². The van der Waals surface area contributed by atoms with E-state index in [-0.39, 0.29) is 0 Å². The number of hydrogen-bond donors (Lipinski definition) is 2. The van der Waals surface area contributed by atoms with Crippen molar-refractivity contribution in [1.29, 1.82) is 0 Å². The van der Waals surface area contributed by atoms with Crippen LogP contribution in [0.3, 0.4) is 0 Å². The maximum absolute atomic E-state index is 13.5. The molecule has 0 bridgehead atoms. The van der Waals surface area contributed by atoms with E-state index < -0.39 is 7.14 Å². The predicted molar refractivity (Wildman–Crippen MR) is 200 cm³/mol. The monoisotopic (exact) mass is 761 g/mol. The molecule has 4 aromatic heterocycles. The van der Waals surface area contributed by atoms with E-state index in [9.17, 15) is 4.57 Å². The molecule has 17 heteroatoms. The number of rotatable bonds is 9. The van der Waals surface area contributed by atoms with Crippen LogP contribution < -0.4 is 25.6 Å². The zero-order valence-corrected chi connectivity index (χ0v) is 31.3. The number of hydrogen-bond acceptors (Lipinski definition) is 14.